The number of amides is 5. The van der Waals surface area contributed by atoms with Crippen LogP contribution in [0.4, 0.5) is 0 Å². The molecule has 0 aromatic heterocycles. The molecule has 2 fully saturated rings. The van der Waals surface area contributed by atoms with E-state index < -0.39 is 23.9 Å². The van der Waals surface area contributed by atoms with Crippen LogP contribution in [0.25, 0.3) is 0 Å². The highest BCUT2D eigenvalue weighted by molar-refractivity contribution is 7.80. The van der Waals surface area contributed by atoms with E-state index in [0.717, 1.165) is 30.4 Å². The summed E-state index contributed by atoms with van der Waals surface area (Å²) < 4.78 is 0. The van der Waals surface area contributed by atoms with Gasteiger partial charge in [-0.1, -0.05) is 66.0 Å². The molecule has 314 valence electrons. The lowest BCUT2D eigenvalue weighted by molar-refractivity contribution is -0.143. The van der Waals surface area contributed by atoms with Crippen LogP contribution in [0.5, 0.6) is 0 Å². The molecule has 0 bridgehead atoms. The van der Waals surface area contributed by atoms with Crippen molar-refractivity contribution in [3.05, 3.63) is 69.7 Å². The average Bonchev–Trinajstić information content (AvgIpc) is 3.19. The van der Waals surface area contributed by atoms with Gasteiger partial charge < -0.3 is 30.9 Å². The Balaban J connectivity index is 1.35. The van der Waals surface area contributed by atoms with Crippen molar-refractivity contribution in [3.63, 3.8) is 0 Å². The van der Waals surface area contributed by atoms with Gasteiger partial charge in [-0.2, -0.15) is 12.6 Å². The second-order valence-electron chi connectivity index (χ2n) is 15.1. The van der Waals surface area contributed by atoms with Crippen molar-refractivity contribution in [2.24, 2.45) is 5.41 Å². The number of rotatable bonds is 20. The Morgan fingerprint density at radius 3 is 2.39 bits per heavy atom. The van der Waals surface area contributed by atoms with Gasteiger partial charge in [0.1, 0.15) is 6.04 Å². The molecule has 0 saturated carbocycles. The molecule has 2 aliphatic rings. The SMILES string of the molecule is CCNC(=O)[C@]1(Cc2ccccc2)CCCN(C(=O)C(Cc2ccc(Cl)c(Cl)c2)NC(O)N[C@@H]2CCCN(C(=O)CCCCCNC(=O)[C@H](CS)NC(C)=O)C2)C1. The molecule has 2 aliphatic heterocycles. The predicted octanol–water partition coefficient (Wildman–Crippen LogP) is 3.45. The maximum Gasteiger partial charge on any atom is 0.243 e. The Morgan fingerprint density at radius 1 is 0.930 bits per heavy atom. The number of aliphatic hydroxyl groups is 1. The van der Waals surface area contributed by atoms with Crippen LogP contribution in [0, 0.1) is 5.41 Å². The number of thiol groups is 1. The van der Waals surface area contributed by atoms with Gasteiger partial charge in [-0.3, -0.25) is 34.6 Å². The fourth-order valence-electron chi connectivity index (χ4n) is 7.72. The summed E-state index contributed by atoms with van der Waals surface area (Å²) in [6.45, 7) is 5.90. The Hall–Kier alpha value is -3.40. The van der Waals surface area contributed by atoms with Gasteiger partial charge in [-0.25, -0.2) is 0 Å². The third-order valence-electron chi connectivity index (χ3n) is 10.6. The second-order valence-corrected chi connectivity index (χ2v) is 16.3. The van der Waals surface area contributed by atoms with Crippen molar-refractivity contribution in [2.75, 3.05) is 45.0 Å². The van der Waals surface area contributed by atoms with Crippen molar-refractivity contribution in [2.45, 2.75) is 103 Å². The highest BCUT2D eigenvalue weighted by Crippen LogP contribution is 2.35. The fourth-order valence-corrected chi connectivity index (χ4v) is 8.29. The molecule has 2 unspecified atom stereocenters. The summed E-state index contributed by atoms with van der Waals surface area (Å²) in [6, 6.07) is 13.3. The van der Waals surface area contributed by atoms with E-state index in [2.05, 4.69) is 39.2 Å². The number of nitrogens with one attached hydrogen (secondary N) is 5. The first kappa shape index (κ1) is 46.3. The zero-order chi connectivity index (χ0) is 41.4. The number of benzene rings is 2. The molecular formula is C41H59Cl2N7O6S. The minimum atomic E-state index is -1.27. The lowest BCUT2D eigenvalue weighted by atomic mass is 9.74. The van der Waals surface area contributed by atoms with Gasteiger partial charge in [0.2, 0.25) is 29.5 Å². The Kier molecular flexibility index (Phi) is 18.9. The molecule has 2 aromatic rings. The molecule has 2 heterocycles. The largest absolute Gasteiger partial charge is 0.365 e. The lowest BCUT2D eigenvalue weighted by Crippen LogP contribution is -2.61. The van der Waals surface area contributed by atoms with E-state index in [-0.39, 0.29) is 54.3 Å². The first-order valence-electron chi connectivity index (χ1n) is 20.0. The number of hydrogen-bond acceptors (Lipinski definition) is 9. The summed E-state index contributed by atoms with van der Waals surface area (Å²) in [5.41, 5.74) is 0.962. The van der Waals surface area contributed by atoms with Gasteiger partial charge in [-0.05, 0) is 81.5 Å². The molecule has 4 rings (SSSR count). The van der Waals surface area contributed by atoms with Gasteiger partial charge in [0.25, 0.3) is 0 Å². The topological polar surface area (TPSA) is 172 Å². The molecule has 16 heteroatoms. The van der Waals surface area contributed by atoms with Gasteiger partial charge in [0.05, 0.1) is 21.5 Å². The number of nitrogens with zero attached hydrogens (tertiary/aromatic N) is 2. The second kappa shape index (κ2) is 23.3. The van der Waals surface area contributed by atoms with Crippen LogP contribution < -0.4 is 26.6 Å². The number of likely N-dealkylation sites (tertiary alicyclic amines) is 2. The normalized spacial score (nSPS) is 19.9. The standard InChI is InChI=1S/C41H59Cl2N7O6S/c1-3-44-39(55)41(24-29-12-6-4-7-13-29)18-11-21-50(27-41)38(54)34(23-30-16-17-32(42)33(43)22-30)48-40(56)47-31-14-10-20-49(25-31)36(52)15-8-5-9-19-45-37(53)35(26-57)46-28(2)51/h4,6-7,12-13,16-17,22,31,34-35,40,47-48,56-57H,3,5,8-11,14-15,18-21,23-27H2,1-2H3,(H,44,55)(H,45,53)(H,46,51)/t31-,34?,35+,40?,41+/m1/s1. The molecule has 2 aromatic carbocycles. The molecule has 0 aliphatic carbocycles. The summed E-state index contributed by atoms with van der Waals surface area (Å²) >= 11 is 16.7. The summed E-state index contributed by atoms with van der Waals surface area (Å²) in [4.78, 5) is 68.4. The smallest absolute Gasteiger partial charge is 0.243 e. The average molecular weight is 849 g/mol. The molecule has 57 heavy (non-hydrogen) atoms. The highest BCUT2D eigenvalue weighted by atomic mass is 35.5. The first-order valence-corrected chi connectivity index (χ1v) is 21.4. The molecule has 0 radical (unpaired) electrons. The number of piperidine rings is 2. The van der Waals surface area contributed by atoms with Crippen LogP contribution >= 0.6 is 35.8 Å². The number of carbonyl (C=O) groups excluding carboxylic acids is 5. The van der Waals surface area contributed by atoms with Crippen LogP contribution in [0.3, 0.4) is 0 Å². The van der Waals surface area contributed by atoms with Crippen molar-refractivity contribution in [1.82, 2.24) is 36.4 Å². The fraction of sp³-hybridized carbons (Fsp3) is 0.585. The van der Waals surface area contributed by atoms with E-state index in [1.54, 1.807) is 28.0 Å². The molecule has 6 N–H and O–H groups in total. The third-order valence-corrected chi connectivity index (χ3v) is 11.7. The minimum absolute atomic E-state index is 0.0256. The molecule has 13 nitrogen and oxygen atoms in total. The number of unbranched alkanes of at least 4 members (excludes halogenated alkanes) is 2. The molecule has 0 spiro atoms. The number of hydrogen-bond donors (Lipinski definition) is 7. The summed E-state index contributed by atoms with van der Waals surface area (Å²) in [6.07, 6.45) is 4.68. The van der Waals surface area contributed by atoms with Gasteiger partial charge in [-0.15, -0.1) is 0 Å². The zero-order valence-corrected chi connectivity index (χ0v) is 35.4. The van der Waals surface area contributed by atoms with E-state index in [1.807, 2.05) is 37.3 Å². The molecule has 5 amide bonds. The van der Waals surface area contributed by atoms with Crippen molar-refractivity contribution < 1.29 is 29.1 Å². The van der Waals surface area contributed by atoms with Crippen molar-refractivity contribution in [3.8, 4) is 0 Å². The van der Waals surface area contributed by atoms with E-state index in [9.17, 15) is 29.1 Å². The summed E-state index contributed by atoms with van der Waals surface area (Å²) in [5.74, 6) is -0.670. The number of aliphatic hydroxyl groups excluding tert-OH is 1. The Labute approximate surface area is 352 Å². The summed E-state index contributed by atoms with van der Waals surface area (Å²) in [7, 11) is 0. The predicted molar refractivity (Wildman–Crippen MR) is 226 cm³/mol. The Morgan fingerprint density at radius 2 is 1.68 bits per heavy atom. The lowest BCUT2D eigenvalue weighted by Gasteiger charge is -2.43. The van der Waals surface area contributed by atoms with E-state index in [0.29, 0.717) is 81.3 Å². The first-order chi connectivity index (χ1) is 27.3. The van der Waals surface area contributed by atoms with E-state index in [1.165, 1.54) is 6.92 Å². The molecule has 2 saturated heterocycles. The van der Waals surface area contributed by atoms with Gasteiger partial charge in [0, 0.05) is 64.4 Å². The van der Waals surface area contributed by atoms with Crippen LogP contribution in [-0.4, -0.2) is 114 Å². The molecule has 5 atom stereocenters. The maximum absolute atomic E-state index is 14.5. The van der Waals surface area contributed by atoms with Crippen LogP contribution in [0.15, 0.2) is 48.5 Å². The highest BCUT2D eigenvalue weighted by Gasteiger charge is 2.44. The van der Waals surface area contributed by atoms with Crippen LogP contribution in [-0.2, 0) is 36.8 Å². The number of halogens is 2. The van der Waals surface area contributed by atoms with Gasteiger partial charge in [0.15, 0.2) is 6.35 Å². The van der Waals surface area contributed by atoms with Gasteiger partial charge >= 0.3 is 0 Å². The third kappa shape index (κ3) is 14.4. The van der Waals surface area contributed by atoms with E-state index in [4.69, 9.17) is 23.2 Å². The van der Waals surface area contributed by atoms with Crippen molar-refractivity contribution >= 4 is 65.4 Å². The minimum Gasteiger partial charge on any atom is -0.365 e. The van der Waals surface area contributed by atoms with Crippen molar-refractivity contribution in [1.29, 1.82) is 0 Å². The Bertz CT molecular complexity index is 1660. The summed E-state index contributed by atoms with van der Waals surface area (Å²) in [5, 5.41) is 26.8. The van der Waals surface area contributed by atoms with E-state index >= 15 is 0 Å². The number of carbonyl (C=O) groups is 5. The van der Waals surface area contributed by atoms with Crippen LogP contribution in [0.2, 0.25) is 10.0 Å². The maximum atomic E-state index is 14.5. The monoisotopic (exact) mass is 847 g/mol. The zero-order valence-electron chi connectivity index (χ0n) is 33.0. The quantitative estimate of drug-likeness (QED) is 0.0604. The molecular weight excluding hydrogens is 789 g/mol. The van der Waals surface area contributed by atoms with Crippen LogP contribution in [0.1, 0.15) is 76.3 Å².